The average Bonchev–Trinajstić information content (AvgIpc) is 2.38. The largest absolute Gasteiger partial charge is 0.377 e. The topological polar surface area (TPSA) is 41.3 Å². The van der Waals surface area contributed by atoms with Gasteiger partial charge in [0.05, 0.1) is 5.54 Å². The van der Waals surface area contributed by atoms with Gasteiger partial charge in [0.2, 0.25) is 0 Å². The summed E-state index contributed by atoms with van der Waals surface area (Å²) in [6, 6.07) is 6.96. The minimum absolute atomic E-state index is 0.0161. The number of nitrogens with zero attached hydrogens (tertiary/aromatic N) is 1. The summed E-state index contributed by atoms with van der Waals surface area (Å²) in [6.07, 6.45) is 2.17. The van der Waals surface area contributed by atoms with Crippen molar-refractivity contribution in [3.05, 3.63) is 28.2 Å². The van der Waals surface area contributed by atoms with Gasteiger partial charge < -0.3 is 16.0 Å². The van der Waals surface area contributed by atoms with E-state index in [2.05, 4.69) is 65.2 Å². The zero-order valence-electron chi connectivity index (χ0n) is 12.0. The van der Waals surface area contributed by atoms with E-state index in [1.807, 2.05) is 0 Å². The number of piperidine rings is 1. The molecule has 1 heterocycles. The quantitative estimate of drug-likeness (QED) is 0.897. The monoisotopic (exact) mass is 325 g/mol. The van der Waals surface area contributed by atoms with Crippen molar-refractivity contribution >= 4 is 21.6 Å². The summed E-state index contributed by atoms with van der Waals surface area (Å²) in [7, 11) is 2.19. The molecule has 19 heavy (non-hydrogen) atoms. The van der Waals surface area contributed by atoms with Gasteiger partial charge in [-0.2, -0.15) is 0 Å². The molecule has 2 atom stereocenters. The molecule has 2 rings (SSSR count). The molecule has 1 aliphatic rings. The minimum Gasteiger partial charge on any atom is -0.377 e. The Kier molecular flexibility index (Phi) is 4.54. The highest BCUT2D eigenvalue weighted by Gasteiger charge is 2.36. The van der Waals surface area contributed by atoms with E-state index in [1.165, 1.54) is 5.56 Å². The van der Waals surface area contributed by atoms with Crippen LogP contribution in [0.25, 0.3) is 0 Å². The number of benzene rings is 1. The first-order valence-electron chi connectivity index (χ1n) is 6.90. The number of anilines is 1. The summed E-state index contributed by atoms with van der Waals surface area (Å²) in [5.41, 5.74) is 8.52. The molecule has 3 nitrogen and oxygen atoms in total. The van der Waals surface area contributed by atoms with Crippen molar-refractivity contribution in [3.8, 4) is 0 Å². The Labute approximate surface area is 124 Å². The van der Waals surface area contributed by atoms with Crippen LogP contribution in [0.15, 0.2) is 22.7 Å². The van der Waals surface area contributed by atoms with Crippen LogP contribution in [-0.4, -0.2) is 36.6 Å². The number of rotatable bonds is 3. The van der Waals surface area contributed by atoms with Gasteiger partial charge in [-0.05, 0) is 67.4 Å². The molecule has 0 aromatic heterocycles. The van der Waals surface area contributed by atoms with E-state index in [4.69, 9.17) is 5.73 Å². The molecule has 4 heteroatoms. The lowest BCUT2D eigenvalue weighted by molar-refractivity contribution is 0.146. The third kappa shape index (κ3) is 3.30. The lowest BCUT2D eigenvalue weighted by Gasteiger charge is -2.45. The Morgan fingerprint density at radius 2 is 2.26 bits per heavy atom. The summed E-state index contributed by atoms with van der Waals surface area (Å²) in [6.45, 7) is 6.15. The first-order valence-corrected chi connectivity index (χ1v) is 7.70. The molecule has 3 N–H and O–H groups in total. The number of hydrogen-bond donors (Lipinski definition) is 2. The van der Waals surface area contributed by atoms with Gasteiger partial charge in [-0.3, -0.25) is 0 Å². The molecule has 0 aliphatic carbocycles. The fourth-order valence-corrected chi connectivity index (χ4v) is 3.15. The Hall–Kier alpha value is -0.580. The second kappa shape index (κ2) is 5.81. The molecule has 0 bridgehead atoms. The third-order valence-corrected chi connectivity index (χ3v) is 4.99. The van der Waals surface area contributed by atoms with Crippen molar-refractivity contribution in [2.24, 2.45) is 5.73 Å². The number of nitrogens with two attached hydrogens (primary N) is 1. The Balaban J connectivity index is 2.21. The van der Waals surface area contributed by atoms with Crippen LogP contribution in [0.5, 0.6) is 0 Å². The second-order valence-corrected chi connectivity index (χ2v) is 6.73. The molecule has 1 aromatic rings. The average molecular weight is 326 g/mol. The molecular formula is C15H24BrN3. The standard InChI is InChI=1S/C15H24BrN3/c1-11-4-5-13(16)14(8-11)18-15(10-17)6-7-19(3)12(2)9-15/h4-5,8,12,18H,6-7,9-10,17H2,1-3H3. The van der Waals surface area contributed by atoms with E-state index in [9.17, 15) is 0 Å². The van der Waals surface area contributed by atoms with Crippen molar-refractivity contribution in [2.75, 3.05) is 25.5 Å². The Bertz CT molecular complexity index is 449. The van der Waals surface area contributed by atoms with Gasteiger partial charge in [0.15, 0.2) is 0 Å². The van der Waals surface area contributed by atoms with Crippen LogP contribution >= 0.6 is 15.9 Å². The third-order valence-electron chi connectivity index (χ3n) is 4.29. The van der Waals surface area contributed by atoms with Crippen molar-refractivity contribution in [2.45, 2.75) is 38.3 Å². The van der Waals surface area contributed by atoms with E-state index >= 15 is 0 Å². The molecule has 1 aromatic carbocycles. The maximum absolute atomic E-state index is 6.09. The second-order valence-electron chi connectivity index (χ2n) is 5.88. The maximum Gasteiger partial charge on any atom is 0.0523 e. The normalized spacial score (nSPS) is 28.4. The number of hydrogen-bond acceptors (Lipinski definition) is 3. The van der Waals surface area contributed by atoms with E-state index in [-0.39, 0.29) is 5.54 Å². The highest BCUT2D eigenvalue weighted by Crippen LogP contribution is 2.32. The van der Waals surface area contributed by atoms with Gasteiger partial charge >= 0.3 is 0 Å². The summed E-state index contributed by atoms with van der Waals surface area (Å²) in [5.74, 6) is 0. The van der Waals surface area contributed by atoms with E-state index < -0.39 is 0 Å². The molecule has 1 saturated heterocycles. The molecule has 106 valence electrons. The molecule has 0 saturated carbocycles. The Morgan fingerprint density at radius 3 is 2.89 bits per heavy atom. The van der Waals surface area contributed by atoms with Crippen LogP contribution in [0.2, 0.25) is 0 Å². The zero-order chi connectivity index (χ0) is 14.0. The summed E-state index contributed by atoms with van der Waals surface area (Å²) in [5, 5.41) is 3.71. The first-order chi connectivity index (χ1) is 8.96. The zero-order valence-corrected chi connectivity index (χ0v) is 13.6. The van der Waals surface area contributed by atoms with Crippen molar-refractivity contribution in [1.29, 1.82) is 0 Å². The molecular weight excluding hydrogens is 302 g/mol. The Morgan fingerprint density at radius 1 is 1.53 bits per heavy atom. The van der Waals surface area contributed by atoms with Crippen LogP contribution in [0.1, 0.15) is 25.3 Å². The van der Waals surface area contributed by atoms with Crippen molar-refractivity contribution in [1.82, 2.24) is 4.90 Å². The van der Waals surface area contributed by atoms with Crippen molar-refractivity contribution < 1.29 is 0 Å². The van der Waals surface area contributed by atoms with Gasteiger partial charge in [0, 0.05) is 29.3 Å². The van der Waals surface area contributed by atoms with Crippen LogP contribution in [0.4, 0.5) is 5.69 Å². The van der Waals surface area contributed by atoms with Gasteiger partial charge in [-0.1, -0.05) is 6.07 Å². The van der Waals surface area contributed by atoms with Crippen LogP contribution in [-0.2, 0) is 0 Å². The summed E-state index contributed by atoms with van der Waals surface area (Å²) < 4.78 is 1.11. The highest BCUT2D eigenvalue weighted by atomic mass is 79.9. The lowest BCUT2D eigenvalue weighted by atomic mass is 9.83. The number of likely N-dealkylation sites (tertiary alicyclic amines) is 1. The highest BCUT2D eigenvalue weighted by molar-refractivity contribution is 9.10. The van der Waals surface area contributed by atoms with E-state index in [0.29, 0.717) is 12.6 Å². The van der Waals surface area contributed by atoms with E-state index in [1.54, 1.807) is 0 Å². The smallest absolute Gasteiger partial charge is 0.0523 e. The predicted molar refractivity (Wildman–Crippen MR) is 85.6 cm³/mol. The van der Waals surface area contributed by atoms with Crippen LogP contribution in [0, 0.1) is 6.92 Å². The predicted octanol–water partition coefficient (Wildman–Crippen LogP) is 2.98. The molecule has 1 aliphatic heterocycles. The fraction of sp³-hybridized carbons (Fsp3) is 0.600. The number of aryl methyl sites for hydroxylation is 1. The SMILES string of the molecule is Cc1ccc(Br)c(NC2(CN)CCN(C)C(C)C2)c1. The molecule has 0 amide bonds. The summed E-state index contributed by atoms with van der Waals surface area (Å²) >= 11 is 3.62. The van der Waals surface area contributed by atoms with Crippen molar-refractivity contribution in [3.63, 3.8) is 0 Å². The van der Waals surface area contributed by atoms with Gasteiger partial charge in [0.1, 0.15) is 0 Å². The van der Waals surface area contributed by atoms with E-state index in [0.717, 1.165) is 29.5 Å². The van der Waals surface area contributed by atoms with Gasteiger partial charge in [-0.15, -0.1) is 0 Å². The van der Waals surface area contributed by atoms with Crippen LogP contribution in [0.3, 0.4) is 0 Å². The molecule has 2 unspecified atom stereocenters. The first kappa shape index (κ1) is 14.8. The fourth-order valence-electron chi connectivity index (χ4n) is 2.80. The maximum atomic E-state index is 6.09. The summed E-state index contributed by atoms with van der Waals surface area (Å²) in [4.78, 5) is 2.40. The minimum atomic E-state index is 0.0161. The lowest BCUT2D eigenvalue weighted by Crippen LogP contribution is -2.55. The van der Waals surface area contributed by atoms with Gasteiger partial charge in [0.25, 0.3) is 0 Å². The van der Waals surface area contributed by atoms with Gasteiger partial charge in [-0.25, -0.2) is 0 Å². The molecule has 0 spiro atoms. The number of halogens is 1. The number of nitrogens with one attached hydrogen (secondary N) is 1. The molecule has 1 fully saturated rings. The molecule has 0 radical (unpaired) electrons. The van der Waals surface area contributed by atoms with Crippen LogP contribution < -0.4 is 11.1 Å².